The Bertz CT molecular complexity index is 264. The van der Waals surface area contributed by atoms with Gasteiger partial charge in [0.2, 0.25) is 0 Å². The summed E-state index contributed by atoms with van der Waals surface area (Å²) in [6.45, 7) is 7.62. The van der Waals surface area contributed by atoms with Crippen molar-refractivity contribution >= 4 is 5.97 Å². The quantitative estimate of drug-likeness (QED) is 0.701. The van der Waals surface area contributed by atoms with Crippen LogP contribution in [0.5, 0.6) is 0 Å². The second-order valence-corrected chi connectivity index (χ2v) is 5.47. The predicted octanol–water partition coefficient (Wildman–Crippen LogP) is 2.42. The van der Waals surface area contributed by atoms with Gasteiger partial charge < -0.3 is 9.84 Å². The van der Waals surface area contributed by atoms with Crippen LogP contribution in [0.2, 0.25) is 0 Å². The van der Waals surface area contributed by atoms with E-state index in [-0.39, 0.29) is 6.10 Å². The highest BCUT2D eigenvalue weighted by molar-refractivity contribution is 5.78. The fraction of sp³-hybridized carbons (Fsp3) is 0.929. The van der Waals surface area contributed by atoms with E-state index in [0.29, 0.717) is 25.3 Å². The summed E-state index contributed by atoms with van der Waals surface area (Å²) in [6.07, 6.45) is 4.62. The number of hydrogen-bond donors (Lipinski definition) is 2. The average Bonchev–Trinajstić information content (AvgIpc) is 2.87. The molecule has 0 radical (unpaired) electrons. The summed E-state index contributed by atoms with van der Waals surface area (Å²) in [5, 5.41) is 12.8. The number of rotatable bonds is 8. The SMILES string of the molecule is CCC(C)CC(CC)(NCC1CCCO1)C(=O)O. The smallest absolute Gasteiger partial charge is 0.323 e. The zero-order chi connectivity index (χ0) is 13.6. The summed E-state index contributed by atoms with van der Waals surface area (Å²) in [5.74, 6) is -0.318. The first-order chi connectivity index (χ1) is 8.54. The van der Waals surface area contributed by atoms with Crippen molar-refractivity contribution in [2.45, 2.75) is 64.5 Å². The average molecular weight is 257 g/mol. The fourth-order valence-corrected chi connectivity index (χ4v) is 2.51. The van der Waals surface area contributed by atoms with Gasteiger partial charge in [-0.1, -0.05) is 27.2 Å². The summed E-state index contributed by atoms with van der Waals surface area (Å²) in [7, 11) is 0. The summed E-state index contributed by atoms with van der Waals surface area (Å²) in [4.78, 5) is 11.6. The van der Waals surface area contributed by atoms with E-state index in [1.807, 2.05) is 6.92 Å². The van der Waals surface area contributed by atoms with Crippen LogP contribution in [-0.4, -0.2) is 35.9 Å². The Balaban J connectivity index is 2.60. The summed E-state index contributed by atoms with van der Waals surface area (Å²) in [5.41, 5.74) is -0.790. The molecule has 0 aromatic rings. The maximum atomic E-state index is 11.6. The van der Waals surface area contributed by atoms with Crippen LogP contribution in [-0.2, 0) is 9.53 Å². The maximum Gasteiger partial charge on any atom is 0.323 e. The second kappa shape index (κ2) is 7.10. The van der Waals surface area contributed by atoms with Crippen molar-refractivity contribution in [3.05, 3.63) is 0 Å². The normalized spacial score (nSPS) is 24.7. The predicted molar refractivity (Wildman–Crippen MR) is 71.7 cm³/mol. The summed E-state index contributed by atoms with van der Waals surface area (Å²) in [6, 6.07) is 0. The molecule has 1 fully saturated rings. The van der Waals surface area contributed by atoms with E-state index in [4.69, 9.17) is 4.74 Å². The van der Waals surface area contributed by atoms with Crippen molar-refractivity contribution in [3.8, 4) is 0 Å². The van der Waals surface area contributed by atoms with E-state index in [1.165, 1.54) is 0 Å². The molecule has 0 bridgehead atoms. The van der Waals surface area contributed by atoms with E-state index in [9.17, 15) is 9.90 Å². The number of carbonyl (C=O) groups is 1. The molecule has 0 amide bonds. The Morgan fingerprint density at radius 1 is 1.56 bits per heavy atom. The Morgan fingerprint density at radius 2 is 2.28 bits per heavy atom. The van der Waals surface area contributed by atoms with Gasteiger partial charge in [0.25, 0.3) is 0 Å². The molecule has 1 saturated heterocycles. The lowest BCUT2D eigenvalue weighted by Crippen LogP contribution is -2.54. The number of hydrogen-bond acceptors (Lipinski definition) is 3. The van der Waals surface area contributed by atoms with Gasteiger partial charge >= 0.3 is 5.97 Å². The zero-order valence-corrected chi connectivity index (χ0v) is 11.9. The minimum atomic E-state index is -0.790. The van der Waals surface area contributed by atoms with Gasteiger partial charge in [0.15, 0.2) is 0 Å². The van der Waals surface area contributed by atoms with Gasteiger partial charge in [-0.15, -0.1) is 0 Å². The molecule has 1 heterocycles. The lowest BCUT2D eigenvalue weighted by Gasteiger charge is -2.33. The van der Waals surface area contributed by atoms with Crippen LogP contribution in [0.3, 0.4) is 0 Å². The minimum Gasteiger partial charge on any atom is -0.480 e. The van der Waals surface area contributed by atoms with Gasteiger partial charge in [-0.05, 0) is 31.6 Å². The number of ether oxygens (including phenoxy) is 1. The molecular weight excluding hydrogens is 230 g/mol. The van der Waals surface area contributed by atoms with Gasteiger partial charge in [-0.2, -0.15) is 0 Å². The highest BCUT2D eigenvalue weighted by atomic mass is 16.5. The van der Waals surface area contributed by atoms with Gasteiger partial charge in [0, 0.05) is 13.2 Å². The first-order valence-electron chi connectivity index (χ1n) is 7.14. The van der Waals surface area contributed by atoms with E-state index in [0.717, 1.165) is 25.9 Å². The molecule has 106 valence electrons. The van der Waals surface area contributed by atoms with Crippen molar-refractivity contribution in [2.75, 3.05) is 13.2 Å². The maximum absolute atomic E-state index is 11.6. The number of carboxylic acids is 1. The first kappa shape index (κ1) is 15.4. The Kier molecular flexibility index (Phi) is 6.09. The van der Waals surface area contributed by atoms with E-state index < -0.39 is 11.5 Å². The molecule has 0 aliphatic carbocycles. The molecule has 0 aromatic carbocycles. The standard InChI is InChI=1S/C14H27NO3/c1-4-11(3)9-14(5-2,13(16)17)15-10-12-7-6-8-18-12/h11-12,15H,4-10H2,1-3H3,(H,16,17). The fourth-order valence-electron chi connectivity index (χ4n) is 2.51. The van der Waals surface area contributed by atoms with Crippen molar-refractivity contribution in [2.24, 2.45) is 5.92 Å². The molecule has 1 aliphatic rings. The van der Waals surface area contributed by atoms with E-state index in [2.05, 4.69) is 19.2 Å². The third-order valence-electron chi connectivity index (χ3n) is 4.10. The summed E-state index contributed by atoms with van der Waals surface area (Å²) < 4.78 is 5.55. The van der Waals surface area contributed by atoms with Crippen LogP contribution in [0, 0.1) is 5.92 Å². The Morgan fingerprint density at radius 3 is 2.72 bits per heavy atom. The molecule has 4 heteroatoms. The monoisotopic (exact) mass is 257 g/mol. The molecule has 18 heavy (non-hydrogen) atoms. The molecule has 3 unspecified atom stereocenters. The van der Waals surface area contributed by atoms with Crippen molar-refractivity contribution in [1.82, 2.24) is 5.32 Å². The zero-order valence-electron chi connectivity index (χ0n) is 11.9. The lowest BCUT2D eigenvalue weighted by molar-refractivity contribution is -0.146. The van der Waals surface area contributed by atoms with Crippen LogP contribution in [0.4, 0.5) is 0 Å². The third kappa shape index (κ3) is 3.95. The highest BCUT2D eigenvalue weighted by Gasteiger charge is 2.38. The minimum absolute atomic E-state index is 0.187. The van der Waals surface area contributed by atoms with E-state index >= 15 is 0 Å². The first-order valence-corrected chi connectivity index (χ1v) is 7.14. The molecule has 0 saturated carbocycles. The van der Waals surface area contributed by atoms with E-state index in [1.54, 1.807) is 0 Å². The largest absolute Gasteiger partial charge is 0.480 e. The molecule has 0 spiro atoms. The highest BCUT2D eigenvalue weighted by Crippen LogP contribution is 2.24. The van der Waals surface area contributed by atoms with Crippen LogP contribution < -0.4 is 5.32 Å². The molecule has 0 aromatic heterocycles. The van der Waals surface area contributed by atoms with Crippen molar-refractivity contribution < 1.29 is 14.6 Å². The lowest BCUT2D eigenvalue weighted by atomic mass is 9.84. The van der Waals surface area contributed by atoms with Gasteiger partial charge in [-0.25, -0.2) is 0 Å². The molecule has 4 nitrogen and oxygen atoms in total. The Labute approximate surface area is 110 Å². The number of carboxylic acid groups (broad SMARTS) is 1. The number of nitrogens with one attached hydrogen (secondary N) is 1. The van der Waals surface area contributed by atoms with Crippen molar-refractivity contribution in [3.63, 3.8) is 0 Å². The second-order valence-electron chi connectivity index (χ2n) is 5.47. The van der Waals surface area contributed by atoms with Gasteiger partial charge in [0.1, 0.15) is 5.54 Å². The molecular formula is C14H27NO3. The van der Waals surface area contributed by atoms with Crippen LogP contribution in [0.15, 0.2) is 0 Å². The van der Waals surface area contributed by atoms with Crippen molar-refractivity contribution in [1.29, 1.82) is 0 Å². The molecule has 3 atom stereocenters. The molecule has 1 aliphatic heterocycles. The summed E-state index contributed by atoms with van der Waals surface area (Å²) >= 11 is 0. The molecule has 2 N–H and O–H groups in total. The molecule has 1 rings (SSSR count). The van der Waals surface area contributed by atoms with Crippen LogP contribution in [0.1, 0.15) is 52.9 Å². The van der Waals surface area contributed by atoms with Crippen LogP contribution in [0.25, 0.3) is 0 Å². The van der Waals surface area contributed by atoms with Crippen LogP contribution >= 0.6 is 0 Å². The van der Waals surface area contributed by atoms with Gasteiger partial charge in [-0.3, -0.25) is 10.1 Å². The Hall–Kier alpha value is -0.610. The topological polar surface area (TPSA) is 58.6 Å². The van der Waals surface area contributed by atoms with Gasteiger partial charge in [0.05, 0.1) is 6.10 Å². The third-order valence-corrected chi connectivity index (χ3v) is 4.10. The number of aliphatic carboxylic acids is 1.